The molecule has 0 aromatic heterocycles. The van der Waals surface area contributed by atoms with Gasteiger partial charge in [0.15, 0.2) is 0 Å². The van der Waals surface area contributed by atoms with Gasteiger partial charge in [0, 0.05) is 6.04 Å². The molecule has 0 radical (unpaired) electrons. The summed E-state index contributed by atoms with van der Waals surface area (Å²) in [6.45, 7) is 2.37. The largest absolute Gasteiger partial charge is 0.387 e. The fourth-order valence-corrected chi connectivity index (χ4v) is 2.36. The van der Waals surface area contributed by atoms with Crippen LogP contribution < -0.4 is 0 Å². The van der Waals surface area contributed by atoms with E-state index in [-0.39, 0.29) is 11.8 Å². The molecular weight excluding hydrogens is 266 g/mol. The average molecular weight is 287 g/mol. The zero-order valence-electron chi connectivity index (χ0n) is 11.2. The molecule has 5 nitrogen and oxygen atoms in total. The van der Waals surface area contributed by atoms with Gasteiger partial charge in [0.1, 0.15) is 0 Å². The SMILES string of the molecule is C[C@H](C(O)c1ccccc1)N(C)CCCS(=O)(=O)O. The van der Waals surface area contributed by atoms with E-state index in [9.17, 15) is 13.5 Å². The summed E-state index contributed by atoms with van der Waals surface area (Å²) in [5, 5.41) is 10.2. The fraction of sp³-hybridized carbons (Fsp3) is 0.538. The Bertz CT molecular complexity index is 475. The second kappa shape index (κ2) is 7.00. The van der Waals surface area contributed by atoms with Crippen LogP contribution in [0.2, 0.25) is 0 Å². The summed E-state index contributed by atoms with van der Waals surface area (Å²) < 4.78 is 29.9. The van der Waals surface area contributed by atoms with Crippen molar-refractivity contribution in [2.75, 3.05) is 19.3 Å². The van der Waals surface area contributed by atoms with Crippen LogP contribution in [0.3, 0.4) is 0 Å². The second-order valence-corrected chi connectivity index (χ2v) is 6.29. The van der Waals surface area contributed by atoms with Crippen LogP contribution in [0.5, 0.6) is 0 Å². The molecule has 0 aliphatic carbocycles. The van der Waals surface area contributed by atoms with E-state index in [4.69, 9.17) is 4.55 Å². The standard InChI is InChI=1S/C13H21NO4S/c1-11(13(15)12-7-4-3-5-8-12)14(2)9-6-10-19(16,17)18/h3-5,7-8,11,13,15H,6,9-10H2,1-2H3,(H,16,17,18)/t11-,13?/m1/s1. The van der Waals surface area contributed by atoms with Crippen molar-refractivity contribution in [1.82, 2.24) is 4.90 Å². The molecule has 0 heterocycles. The molecule has 19 heavy (non-hydrogen) atoms. The van der Waals surface area contributed by atoms with Crippen LogP contribution in [0.25, 0.3) is 0 Å². The summed E-state index contributed by atoms with van der Waals surface area (Å²) in [6, 6.07) is 9.19. The molecule has 0 amide bonds. The quantitative estimate of drug-likeness (QED) is 0.740. The van der Waals surface area contributed by atoms with Crippen LogP contribution in [0, 0.1) is 0 Å². The predicted octanol–water partition coefficient (Wildman–Crippen LogP) is 1.32. The highest BCUT2D eigenvalue weighted by Gasteiger charge is 2.20. The Morgan fingerprint density at radius 1 is 1.26 bits per heavy atom. The van der Waals surface area contributed by atoms with Gasteiger partial charge in [-0.3, -0.25) is 4.55 Å². The molecule has 0 spiro atoms. The lowest BCUT2D eigenvalue weighted by Crippen LogP contribution is -2.35. The number of likely N-dealkylation sites (N-methyl/N-ethyl adjacent to an activating group) is 1. The van der Waals surface area contributed by atoms with Gasteiger partial charge < -0.3 is 10.0 Å². The van der Waals surface area contributed by atoms with Crippen molar-refractivity contribution < 1.29 is 18.1 Å². The van der Waals surface area contributed by atoms with Crippen molar-refractivity contribution in [2.45, 2.75) is 25.5 Å². The molecule has 0 aliphatic rings. The highest BCUT2D eigenvalue weighted by Crippen LogP contribution is 2.19. The van der Waals surface area contributed by atoms with E-state index in [0.29, 0.717) is 13.0 Å². The van der Waals surface area contributed by atoms with Gasteiger partial charge in [0.25, 0.3) is 10.1 Å². The Kier molecular flexibility index (Phi) is 5.93. The molecular formula is C13H21NO4S. The third kappa shape index (κ3) is 5.69. The van der Waals surface area contributed by atoms with E-state index in [0.717, 1.165) is 5.56 Å². The molecule has 1 aromatic rings. The number of benzene rings is 1. The van der Waals surface area contributed by atoms with Crippen molar-refractivity contribution in [3.8, 4) is 0 Å². The smallest absolute Gasteiger partial charge is 0.264 e. The summed E-state index contributed by atoms with van der Waals surface area (Å²) in [4.78, 5) is 1.88. The Balaban J connectivity index is 2.50. The number of hydrogen-bond acceptors (Lipinski definition) is 4. The number of nitrogens with zero attached hydrogens (tertiary/aromatic N) is 1. The van der Waals surface area contributed by atoms with E-state index in [1.807, 2.05) is 49.2 Å². The van der Waals surface area contributed by atoms with Crippen LogP contribution in [-0.2, 0) is 10.1 Å². The Hall–Kier alpha value is -0.950. The Morgan fingerprint density at radius 3 is 2.37 bits per heavy atom. The van der Waals surface area contributed by atoms with Gasteiger partial charge in [-0.05, 0) is 32.5 Å². The lowest BCUT2D eigenvalue weighted by molar-refractivity contribution is 0.0727. The minimum absolute atomic E-state index is 0.135. The average Bonchev–Trinajstić information content (AvgIpc) is 2.36. The minimum atomic E-state index is -3.91. The molecule has 1 aromatic carbocycles. The van der Waals surface area contributed by atoms with Crippen molar-refractivity contribution in [1.29, 1.82) is 0 Å². The van der Waals surface area contributed by atoms with Crippen molar-refractivity contribution in [3.05, 3.63) is 35.9 Å². The zero-order valence-corrected chi connectivity index (χ0v) is 12.0. The van der Waals surface area contributed by atoms with E-state index in [2.05, 4.69) is 0 Å². The lowest BCUT2D eigenvalue weighted by Gasteiger charge is -2.29. The van der Waals surface area contributed by atoms with Crippen LogP contribution >= 0.6 is 0 Å². The molecule has 0 aliphatic heterocycles. The molecule has 0 fully saturated rings. The number of hydrogen-bond donors (Lipinski definition) is 2. The first-order valence-corrected chi connectivity index (χ1v) is 7.80. The van der Waals surface area contributed by atoms with Gasteiger partial charge in [-0.2, -0.15) is 8.42 Å². The Labute approximate surface area is 114 Å². The molecule has 1 rings (SSSR count). The van der Waals surface area contributed by atoms with Crippen LogP contribution in [0.15, 0.2) is 30.3 Å². The highest BCUT2D eigenvalue weighted by atomic mass is 32.2. The minimum Gasteiger partial charge on any atom is -0.387 e. The van der Waals surface area contributed by atoms with Gasteiger partial charge in [-0.15, -0.1) is 0 Å². The number of aliphatic hydroxyl groups excluding tert-OH is 1. The summed E-state index contributed by atoms with van der Waals surface area (Å²) in [7, 11) is -2.09. The van der Waals surface area contributed by atoms with Crippen LogP contribution in [-0.4, -0.2) is 48.4 Å². The number of rotatable bonds is 7. The maximum Gasteiger partial charge on any atom is 0.264 e. The topological polar surface area (TPSA) is 77.8 Å². The molecule has 0 bridgehead atoms. The Morgan fingerprint density at radius 2 is 1.84 bits per heavy atom. The zero-order chi connectivity index (χ0) is 14.5. The molecule has 108 valence electrons. The molecule has 2 N–H and O–H groups in total. The van der Waals surface area contributed by atoms with E-state index >= 15 is 0 Å². The first-order chi connectivity index (χ1) is 8.81. The molecule has 0 saturated heterocycles. The second-order valence-electron chi connectivity index (χ2n) is 4.72. The number of aliphatic hydroxyl groups is 1. The van der Waals surface area contributed by atoms with Crippen LogP contribution in [0.1, 0.15) is 25.0 Å². The molecule has 2 atom stereocenters. The van der Waals surface area contributed by atoms with Gasteiger partial charge in [-0.25, -0.2) is 0 Å². The van der Waals surface area contributed by atoms with E-state index in [1.54, 1.807) is 0 Å². The van der Waals surface area contributed by atoms with Crippen LogP contribution in [0.4, 0.5) is 0 Å². The van der Waals surface area contributed by atoms with E-state index < -0.39 is 16.2 Å². The molecule has 6 heteroatoms. The maximum atomic E-state index is 10.6. The summed E-state index contributed by atoms with van der Waals surface area (Å²) in [5.41, 5.74) is 0.830. The summed E-state index contributed by atoms with van der Waals surface area (Å²) in [6.07, 6.45) is -0.293. The fourth-order valence-electron chi connectivity index (χ4n) is 1.87. The van der Waals surface area contributed by atoms with Gasteiger partial charge in [0.2, 0.25) is 0 Å². The third-order valence-electron chi connectivity index (χ3n) is 3.21. The van der Waals surface area contributed by atoms with Crippen molar-refractivity contribution in [3.63, 3.8) is 0 Å². The lowest BCUT2D eigenvalue weighted by atomic mass is 10.0. The van der Waals surface area contributed by atoms with Crippen molar-refractivity contribution in [2.24, 2.45) is 0 Å². The first kappa shape index (κ1) is 16.1. The normalized spacial score (nSPS) is 15.4. The highest BCUT2D eigenvalue weighted by molar-refractivity contribution is 7.85. The van der Waals surface area contributed by atoms with Gasteiger partial charge in [-0.1, -0.05) is 30.3 Å². The van der Waals surface area contributed by atoms with E-state index in [1.165, 1.54) is 0 Å². The van der Waals surface area contributed by atoms with Gasteiger partial charge in [0.05, 0.1) is 11.9 Å². The monoisotopic (exact) mass is 287 g/mol. The molecule has 0 saturated carbocycles. The van der Waals surface area contributed by atoms with Crippen molar-refractivity contribution >= 4 is 10.1 Å². The maximum absolute atomic E-state index is 10.6. The third-order valence-corrected chi connectivity index (χ3v) is 4.01. The summed E-state index contributed by atoms with van der Waals surface area (Å²) >= 11 is 0. The molecule has 1 unspecified atom stereocenters. The predicted molar refractivity (Wildman–Crippen MR) is 74.5 cm³/mol. The van der Waals surface area contributed by atoms with Gasteiger partial charge >= 0.3 is 0 Å². The summed E-state index contributed by atoms with van der Waals surface area (Å²) in [5.74, 6) is -0.258. The first-order valence-electron chi connectivity index (χ1n) is 6.19.